The van der Waals surface area contributed by atoms with E-state index in [-0.39, 0.29) is 12.0 Å². The van der Waals surface area contributed by atoms with Gasteiger partial charge in [0, 0.05) is 5.69 Å². The van der Waals surface area contributed by atoms with Gasteiger partial charge >= 0.3 is 0 Å². The normalized spacial score (nSPS) is 16.1. The summed E-state index contributed by atoms with van der Waals surface area (Å²) >= 11 is 0. The minimum Gasteiger partial charge on any atom is -0.365 e. The summed E-state index contributed by atoms with van der Waals surface area (Å²) in [5.74, 6) is 0.130. The lowest BCUT2D eigenvalue weighted by molar-refractivity contribution is -0.00171. The van der Waals surface area contributed by atoms with Crippen molar-refractivity contribution in [2.24, 2.45) is 0 Å². The molecule has 144 valence electrons. The van der Waals surface area contributed by atoms with E-state index in [2.05, 4.69) is 66.7 Å². The number of fused-ring (bicyclic) bond motifs is 1. The highest BCUT2D eigenvalue weighted by Gasteiger charge is 2.27. The Morgan fingerprint density at radius 2 is 2.00 bits per heavy atom. The van der Waals surface area contributed by atoms with Gasteiger partial charge in [0.25, 0.3) is 5.91 Å². The molecule has 4 rings (SSSR count). The van der Waals surface area contributed by atoms with Crippen LogP contribution in [0.4, 0.5) is 5.69 Å². The number of nitrogens with zero attached hydrogens (tertiary/aromatic N) is 3. The van der Waals surface area contributed by atoms with Crippen molar-refractivity contribution in [1.82, 2.24) is 15.0 Å². The summed E-state index contributed by atoms with van der Waals surface area (Å²) in [7, 11) is 0. The summed E-state index contributed by atoms with van der Waals surface area (Å²) in [5.41, 5.74) is 5.27. The molecule has 0 radical (unpaired) electrons. The van der Waals surface area contributed by atoms with Crippen LogP contribution in [0.5, 0.6) is 0 Å². The Balaban J connectivity index is 1.50. The molecule has 1 N–H and O–H groups in total. The summed E-state index contributed by atoms with van der Waals surface area (Å²) in [4.78, 5) is 12.7. The van der Waals surface area contributed by atoms with Crippen molar-refractivity contribution in [2.75, 3.05) is 5.32 Å². The molecule has 0 spiro atoms. The van der Waals surface area contributed by atoms with Gasteiger partial charge in [0.05, 0.1) is 18.8 Å². The highest BCUT2D eigenvalue weighted by atomic mass is 16.5. The lowest BCUT2D eigenvalue weighted by atomic mass is 10.0. The molecule has 1 atom stereocenters. The van der Waals surface area contributed by atoms with Crippen LogP contribution in [0.3, 0.4) is 0 Å². The van der Waals surface area contributed by atoms with Crippen LogP contribution in [0.15, 0.2) is 48.5 Å². The van der Waals surface area contributed by atoms with Crippen molar-refractivity contribution >= 4 is 11.6 Å². The molecular weight excluding hydrogens is 352 g/mol. The maximum Gasteiger partial charge on any atom is 0.278 e. The van der Waals surface area contributed by atoms with E-state index in [1.54, 1.807) is 4.68 Å². The number of ether oxygens (including phenoxy) is 1. The number of rotatable bonds is 4. The van der Waals surface area contributed by atoms with E-state index in [9.17, 15) is 4.79 Å². The zero-order chi connectivity index (χ0) is 19.7. The minimum atomic E-state index is -0.264. The highest BCUT2D eigenvalue weighted by Crippen LogP contribution is 2.27. The Morgan fingerprint density at radius 3 is 2.75 bits per heavy atom. The van der Waals surface area contributed by atoms with E-state index >= 15 is 0 Å². The Labute approximate surface area is 164 Å². The number of benzene rings is 2. The van der Waals surface area contributed by atoms with Crippen molar-refractivity contribution < 1.29 is 9.53 Å². The number of hydrogen-bond acceptors (Lipinski definition) is 4. The first kappa shape index (κ1) is 18.4. The molecule has 0 fully saturated rings. The molecule has 0 aliphatic carbocycles. The fraction of sp³-hybridized carbons (Fsp3) is 0.318. The largest absolute Gasteiger partial charge is 0.365 e. The van der Waals surface area contributed by atoms with Gasteiger partial charge in [-0.2, -0.15) is 0 Å². The van der Waals surface area contributed by atoms with Crippen LogP contribution >= 0.6 is 0 Å². The number of aromatic nitrogens is 3. The Kier molecular flexibility index (Phi) is 4.96. The quantitative estimate of drug-likeness (QED) is 0.740. The molecule has 28 heavy (non-hydrogen) atoms. The van der Waals surface area contributed by atoms with Crippen molar-refractivity contribution in [3.8, 4) is 0 Å². The summed E-state index contributed by atoms with van der Waals surface area (Å²) in [6.45, 7) is 7.15. The summed E-state index contributed by atoms with van der Waals surface area (Å²) in [6.07, 6.45) is -0.0894. The van der Waals surface area contributed by atoms with Gasteiger partial charge in [-0.25, -0.2) is 4.68 Å². The Morgan fingerprint density at radius 1 is 1.21 bits per heavy atom. The van der Waals surface area contributed by atoms with Gasteiger partial charge in [-0.1, -0.05) is 61.0 Å². The molecule has 0 saturated heterocycles. The van der Waals surface area contributed by atoms with Crippen LogP contribution in [-0.2, 0) is 17.9 Å². The van der Waals surface area contributed by atoms with Crippen LogP contribution in [-0.4, -0.2) is 20.9 Å². The van der Waals surface area contributed by atoms with Gasteiger partial charge in [-0.3, -0.25) is 4.79 Å². The average Bonchev–Trinajstić information content (AvgIpc) is 3.12. The molecule has 3 aromatic rings. The number of nitrogens with one attached hydrogen (secondary N) is 1. The standard InChI is InChI=1S/C22H24N4O2/c1-14(2)17-5-4-6-18(11-17)23-22(27)21-19-13-28-20(12-26(19)25-24-21)16-9-7-15(3)8-10-16/h4-11,14,20H,12-13H2,1-3H3,(H,23,27)/t20-/m0/s1. The Bertz CT molecular complexity index is 992. The van der Waals surface area contributed by atoms with Gasteiger partial charge in [0.2, 0.25) is 0 Å². The molecule has 1 aliphatic heterocycles. The van der Waals surface area contributed by atoms with Gasteiger partial charge < -0.3 is 10.1 Å². The topological polar surface area (TPSA) is 69.0 Å². The smallest absolute Gasteiger partial charge is 0.278 e. The molecule has 1 aromatic heterocycles. The second-order valence-electron chi connectivity index (χ2n) is 7.51. The predicted octanol–water partition coefficient (Wildman–Crippen LogP) is 4.23. The molecule has 1 aliphatic rings. The Hall–Kier alpha value is -2.99. The van der Waals surface area contributed by atoms with Gasteiger partial charge in [-0.15, -0.1) is 5.10 Å². The average molecular weight is 376 g/mol. The van der Waals surface area contributed by atoms with E-state index in [1.807, 2.05) is 18.2 Å². The first-order chi connectivity index (χ1) is 13.5. The van der Waals surface area contributed by atoms with E-state index < -0.39 is 0 Å². The maximum absolute atomic E-state index is 12.7. The summed E-state index contributed by atoms with van der Waals surface area (Å²) < 4.78 is 7.77. The van der Waals surface area contributed by atoms with Crippen molar-refractivity contribution in [2.45, 2.75) is 45.9 Å². The van der Waals surface area contributed by atoms with E-state index in [1.165, 1.54) is 11.1 Å². The first-order valence-corrected chi connectivity index (χ1v) is 9.53. The lowest BCUT2D eigenvalue weighted by Crippen LogP contribution is -2.24. The zero-order valence-electron chi connectivity index (χ0n) is 16.3. The monoisotopic (exact) mass is 376 g/mol. The number of amides is 1. The van der Waals surface area contributed by atoms with Crippen molar-refractivity contribution in [1.29, 1.82) is 0 Å². The van der Waals surface area contributed by atoms with Crippen LogP contribution in [0.25, 0.3) is 0 Å². The number of anilines is 1. The molecule has 0 bridgehead atoms. The van der Waals surface area contributed by atoms with Gasteiger partial charge in [0.1, 0.15) is 6.10 Å². The fourth-order valence-corrected chi connectivity index (χ4v) is 3.34. The van der Waals surface area contributed by atoms with Gasteiger partial charge in [0.15, 0.2) is 5.69 Å². The molecule has 6 heteroatoms. The van der Waals surface area contributed by atoms with Crippen molar-refractivity contribution in [3.05, 3.63) is 76.6 Å². The molecule has 0 unspecified atom stereocenters. The number of carbonyl (C=O) groups excluding carboxylic acids is 1. The number of hydrogen-bond donors (Lipinski definition) is 1. The predicted molar refractivity (Wildman–Crippen MR) is 107 cm³/mol. The third-order valence-electron chi connectivity index (χ3n) is 5.07. The molecule has 0 saturated carbocycles. The lowest BCUT2D eigenvalue weighted by Gasteiger charge is -2.24. The van der Waals surface area contributed by atoms with E-state index in [0.29, 0.717) is 30.5 Å². The van der Waals surface area contributed by atoms with Crippen LogP contribution in [0.2, 0.25) is 0 Å². The van der Waals surface area contributed by atoms with E-state index in [0.717, 1.165) is 11.3 Å². The summed E-state index contributed by atoms with van der Waals surface area (Å²) in [5, 5.41) is 11.2. The third-order valence-corrected chi connectivity index (χ3v) is 5.07. The SMILES string of the molecule is Cc1ccc([C@@H]2Cn3nnc(C(=O)Nc4cccc(C(C)C)c4)c3CO2)cc1. The highest BCUT2D eigenvalue weighted by molar-refractivity contribution is 6.03. The summed E-state index contributed by atoms with van der Waals surface area (Å²) in [6, 6.07) is 16.1. The van der Waals surface area contributed by atoms with Crippen LogP contribution < -0.4 is 5.32 Å². The molecule has 1 amide bonds. The second kappa shape index (κ2) is 7.56. The van der Waals surface area contributed by atoms with E-state index in [4.69, 9.17) is 4.74 Å². The number of carbonyl (C=O) groups is 1. The molecule has 2 heterocycles. The van der Waals surface area contributed by atoms with Crippen LogP contribution in [0.1, 0.15) is 58.7 Å². The third kappa shape index (κ3) is 3.68. The minimum absolute atomic E-state index is 0.0894. The second-order valence-corrected chi connectivity index (χ2v) is 7.51. The van der Waals surface area contributed by atoms with Gasteiger partial charge in [-0.05, 0) is 36.1 Å². The fourth-order valence-electron chi connectivity index (χ4n) is 3.34. The molecule has 6 nitrogen and oxygen atoms in total. The van der Waals surface area contributed by atoms with Crippen molar-refractivity contribution in [3.63, 3.8) is 0 Å². The number of aryl methyl sites for hydroxylation is 1. The first-order valence-electron chi connectivity index (χ1n) is 9.53. The van der Waals surface area contributed by atoms with Crippen LogP contribution in [0, 0.1) is 6.92 Å². The molecular formula is C22H24N4O2. The zero-order valence-corrected chi connectivity index (χ0v) is 16.3. The molecule has 2 aromatic carbocycles. The maximum atomic E-state index is 12.7.